The molecule has 0 aromatic carbocycles. The van der Waals surface area contributed by atoms with Crippen LogP contribution in [-0.2, 0) is 0 Å². The summed E-state index contributed by atoms with van der Waals surface area (Å²) >= 11 is 0. The molecule has 0 rings (SSSR count). The van der Waals surface area contributed by atoms with Crippen molar-refractivity contribution in [2.75, 3.05) is 0 Å². The smallest absolute Gasteiger partial charge is 0.0621 e. The first-order valence-corrected chi connectivity index (χ1v) is 6.02. The van der Waals surface area contributed by atoms with Gasteiger partial charge in [-0.2, -0.15) is 10.5 Å². The molecule has 2 heteroatoms. The van der Waals surface area contributed by atoms with Crippen LogP contribution in [0, 0.1) is 34.5 Å². The summed E-state index contributed by atoms with van der Waals surface area (Å²) in [5, 5.41) is 17.1. The Bertz CT molecular complexity index is 198. The van der Waals surface area contributed by atoms with E-state index in [1.54, 1.807) is 0 Å². The summed E-state index contributed by atoms with van der Waals surface area (Å²) in [7, 11) is 0. The second kappa shape index (κ2) is 9.53. The van der Waals surface area contributed by atoms with E-state index in [4.69, 9.17) is 10.5 Å². The number of nitrogens with zero attached hydrogens (tertiary/aromatic N) is 2. The van der Waals surface area contributed by atoms with Crippen LogP contribution in [0.1, 0.15) is 58.8 Å². The summed E-state index contributed by atoms with van der Waals surface area (Å²) in [6, 6.07) is 4.43. The van der Waals surface area contributed by atoms with Gasteiger partial charge in [-0.15, -0.1) is 0 Å². The van der Waals surface area contributed by atoms with Crippen molar-refractivity contribution in [1.29, 1.82) is 10.5 Å². The second-order valence-electron chi connectivity index (χ2n) is 4.18. The highest BCUT2D eigenvalue weighted by atomic mass is 14.3. The van der Waals surface area contributed by atoms with Crippen LogP contribution in [0.15, 0.2) is 0 Å². The van der Waals surface area contributed by atoms with Gasteiger partial charge in [0, 0.05) is 12.8 Å². The fourth-order valence-electron chi connectivity index (χ4n) is 1.99. The topological polar surface area (TPSA) is 47.6 Å². The minimum atomic E-state index is 0.674. The molecule has 0 aromatic heterocycles. The average Bonchev–Trinajstić information content (AvgIpc) is 2.28. The molecule has 0 saturated heterocycles. The Kier molecular flexibility index (Phi) is 8.88. The molecule has 2 atom stereocenters. The van der Waals surface area contributed by atoms with Crippen molar-refractivity contribution in [2.45, 2.75) is 58.8 Å². The first kappa shape index (κ1) is 14.0. The zero-order valence-electron chi connectivity index (χ0n) is 10.00. The Morgan fingerprint density at radius 1 is 0.867 bits per heavy atom. The van der Waals surface area contributed by atoms with E-state index in [1.165, 1.54) is 6.42 Å². The Morgan fingerprint density at radius 3 is 1.53 bits per heavy atom. The van der Waals surface area contributed by atoms with E-state index in [-0.39, 0.29) is 0 Å². The molecular weight excluding hydrogens is 184 g/mol. The Labute approximate surface area is 93.9 Å². The van der Waals surface area contributed by atoms with Crippen molar-refractivity contribution in [3.8, 4) is 12.1 Å². The van der Waals surface area contributed by atoms with Crippen molar-refractivity contribution in [2.24, 2.45) is 11.8 Å². The molecule has 0 aliphatic heterocycles. The van der Waals surface area contributed by atoms with E-state index in [0.717, 1.165) is 25.7 Å². The molecule has 0 amide bonds. The van der Waals surface area contributed by atoms with E-state index in [1.807, 2.05) is 0 Å². The standard InChI is InChI=1S/C13H22N2/c1-3-12(7-5-9-14)11-13(4-2)8-6-10-15/h12-13H,3-8,11H2,1-2H3. The normalized spacial score (nSPS) is 13.9. The summed E-state index contributed by atoms with van der Waals surface area (Å²) in [5.74, 6) is 1.35. The minimum Gasteiger partial charge on any atom is -0.198 e. The largest absolute Gasteiger partial charge is 0.198 e. The molecule has 0 aliphatic carbocycles. The maximum atomic E-state index is 8.55. The monoisotopic (exact) mass is 206 g/mol. The number of hydrogen-bond acceptors (Lipinski definition) is 2. The first-order valence-electron chi connectivity index (χ1n) is 6.02. The zero-order chi connectivity index (χ0) is 11.5. The van der Waals surface area contributed by atoms with Gasteiger partial charge in [0.1, 0.15) is 0 Å². The molecule has 2 nitrogen and oxygen atoms in total. The van der Waals surface area contributed by atoms with Crippen LogP contribution in [0.2, 0.25) is 0 Å². The Morgan fingerprint density at radius 2 is 1.27 bits per heavy atom. The SMILES string of the molecule is CCC(CCC#N)CC(CC)CCC#N. The summed E-state index contributed by atoms with van der Waals surface area (Å²) in [4.78, 5) is 0. The predicted molar refractivity (Wildman–Crippen MR) is 61.9 cm³/mol. The molecule has 0 spiro atoms. The maximum absolute atomic E-state index is 8.55. The van der Waals surface area contributed by atoms with Crippen molar-refractivity contribution >= 4 is 0 Å². The molecule has 0 fully saturated rings. The van der Waals surface area contributed by atoms with Gasteiger partial charge in [0.15, 0.2) is 0 Å². The number of nitriles is 2. The van der Waals surface area contributed by atoms with Gasteiger partial charge in [-0.1, -0.05) is 26.7 Å². The highest BCUT2D eigenvalue weighted by Crippen LogP contribution is 2.25. The molecule has 2 unspecified atom stereocenters. The van der Waals surface area contributed by atoms with Gasteiger partial charge in [-0.25, -0.2) is 0 Å². The third-order valence-corrected chi connectivity index (χ3v) is 3.15. The van der Waals surface area contributed by atoms with E-state index in [0.29, 0.717) is 24.7 Å². The second-order valence-corrected chi connectivity index (χ2v) is 4.18. The van der Waals surface area contributed by atoms with Crippen molar-refractivity contribution < 1.29 is 0 Å². The van der Waals surface area contributed by atoms with E-state index < -0.39 is 0 Å². The van der Waals surface area contributed by atoms with Gasteiger partial charge in [-0.05, 0) is 31.1 Å². The van der Waals surface area contributed by atoms with Crippen LogP contribution in [0.25, 0.3) is 0 Å². The van der Waals surface area contributed by atoms with Crippen LogP contribution in [0.3, 0.4) is 0 Å². The lowest BCUT2D eigenvalue weighted by Crippen LogP contribution is -2.08. The summed E-state index contributed by atoms with van der Waals surface area (Å²) < 4.78 is 0. The highest BCUT2D eigenvalue weighted by molar-refractivity contribution is 4.76. The van der Waals surface area contributed by atoms with Gasteiger partial charge < -0.3 is 0 Å². The Balaban J connectivity index is 3.90. The Hall–Kier alpha value is -1.02. The van der Waals surface area contributed by atoms with Crippen LogP contribution in [0.4, 0.5) is 0 Å². The van der Waals surface area contributed by atoms with Gasteiger partial charge >= 0.3 is 0 Å². The summed E-state index contributed by atoms with van der Waals surface area (Å²) in [5.41, 5.74) is 0. The number of rotatable bonds is 8. The van der Waals surface area contributed by atoms with Crippen LogP contribution in [-0.4, -0.2) is 0 Å². The molecule has 84 valence electrons. The van der Waals surface area contributed by atoms with Crippen molar-refractivity contribution in [1.82, 2.24) is 0 Å². The fourth-order valence-corrected chi connectivity index (χ4v) is 1.99. The van der Waals surface area contributed by atoms with Gasteiger partial charge in [0.25, 0.3) is 0 Å². The molecule has 0 bridgehead atoms. The first-order chi connectivity index (χ1) is 7.28. The third kappa shape index (κ3) is 6.97. The molecule has 0 aliphatic rings. The predicted octanol–water partition coefficient (Wildman–Crippen LogP) is 4.04. The van der Waals surface area contributed by atoms with Crippen molar-refractivity contribution in [3.05, 3.63) is 0 Å². The fraction of sp³-hybridized carbons (Fsp3) is 0.846. The van der Waals surface area contributed by atoms with Crippen LogP contribution < -0.4 is 0 Å². The summed E-state index contributed by atoms with van der Waals surface area (Å²) in [6.45, 7) is 4.39. The maximum Gasteiger partial charge on any atom is 0.0621 e. The highest BCUT2D eigenvalue weighted by Gasteiger charge is 2.13. The molecule has 0 radical (unpaired) electrons. The van der Waals surface area contributed by atoms with Crippen LogP contribution in [0.5, 0.6) is 0 Å². The van der Waals surface area contributed by atoms with E-state index in [9.17, 15) is 0 Å². The zero-order valence-corrected chi connectivity index (χ0v) is 10.00. The molecule has 0 N–H and O–H groups in total. The van der Waals surface area contributed by atoms with Crippen molar-refractivity contribution in [3.63, 3.8) is 0 Å². The van der Waals surface area contributed by atoms with Gasteiger partial charge in [-0.3, -0.25) is 0 Å². The van der Waals surface area contributed by atoms with Gasteiger partial charge in [0.2, 0.25) is 0 Å². The quantitative estimate of drug-likeness (QED) is 0.601. The minimum absolute atomic E-state index is 0.674. The molecule has 15 heavy (non-hydrogen) atoms. The average molecular weight is 206 g/mol. The summed E-state index contributed by atoms with van der Waals surface area (Å²) in [6.07, 6.45) is 6.90. The lowest BCUT2D eigenvalue weighted by molar-refractivity contribution is 0.326. The van der Waals surface area contributed by atoms with Gasteiger partial charge in [0.05, 0.1) is 12.1 Å². The lowest BCUT2D eigenvalue weighted by atomic mass is 9.85. The lowest BCUT2D eigenvalue weighted by Gasteiger charge is -2.20. The molecule has 0 aromatic rings. The van der Waals surface area contributed by atoms with Crippen LogP contribution >= 0.6 is 0 Å². The molecule has 0 heterocycles. The van der Waals surface area contributed by atoms with E-state index in [2.05, 4.69) is 26.0 Å². The molecule has 0 saturated carbocycles. The molecular formula is C13H22N2. The number of hydrogen-bond donors (Lipinski definition) is 0. The van der Waals surface area contributed by atoms with E-state index >= 15 is 0 Å². The third-order valence-electron chi connectivity index (χ3n) is 3.15.